The van der Waals surface area contributed by atoms with Crippen LogP contribution in [0.4, 0.5) is 0 Å². The summed E-state index contributed by atoms with van der Waals surface area (Å²) in [6, 6.07) is 23.2. The molecule has 0 amide bonds. The van der Waals surface area contributed by atoms with Crippen molar-refractivity contribution >= 4 is 15.9 Å². The average molecular weight is 598 g/mol. The van der Waals surface area contributed by atoms with Crippen LogP contribution < -0.4 is 9.47 Å². The summed E-state index contributed by atoms with van der Waals surface area (Å²) in [6.07, 6.45) is 0. The summed E-state index contributed by atoms with van der Waals surface area (Å²) >= 11 is 3.51. The first-order valence-corrected chi connectivity index (χ1v) is 14.7. The Hall–Kier alpha value is -2.34. The van der Waals surface area contributed by atoms with Gasteiger partial charge in [-0.05, 0) is 70.0 Å². The van der Waals surface area contributed by atoms with Gasteiger partial charge in [0.1, 0.15) is 37.8 Å². The number of benzene rings is 3. The van der Waals surface area contributed by atoms with Crippen LogP contribution in [0.25, 0.3) is 0 Å². The number of halogens is 1. The first kappa shape index (κ1) is 31.2. The van der Waals surface area contributed by atoms with Crippen molar-refractivity contribution in [1.29, 1.82) is 0 Å². The molecule has 0 N–H and O–H groups in total. The van der Waals surface area contributed by atoms with Crippen LogP contribution in [-0.2, 0) is 28.7 Å². The summed E-state index contributed by atoms with van der Waals surface area (Å²) in [4.78, 5) is 0. The Kier molecular flexibility index (Phi) is 10.7. The van der Waals surface area contributed by atoms with Gasteiger partial charge in [-0.25, -0.2) is 0 Å². The van der Waals surface area contributed by atoms with Gasteiger partial charge in [-0.1, -0.05) is 81.7 Å². The highest BCUT2D eigenvalue weighted by Gasteiger charge is 2.23. The lowest BCUT2D eigenvalue weighted by atomic mass is 9.80. The van der Waals surface area contributed by atoms with E-state index in [1.165, 1.54) is 16.7 Å². The Labute approximate surface area is 245 Å². The molecule has 0 aliphatic carbocycles. The zero-order valence-electron chi connectivity index (χ0n) is 25.1. The summed E-state index contributed by atoms with van der Waals surface area (Å²) in [5.74, 6) is 1.84. The van der Waals surface area contributed by atoms with Gasteiger partial charge in [0.15, 0.2) is 0 Å². The minimum atomic E-state index is 0.0165. The molecule has 212 valence electrons. The SMILES string of the molecule is CC(C)(C)c1ccc(OCCOCC[N+](C)(C)Cc2ccc(OCc3cccc(Br)c3)cc2)c(C(C)(C)C)c1. The molecule has 0 unspecified atom stereocenters. The number of ether oxygens (including phenoxy) is 3. The second-order valence-electron chi connectivity index (χ2n) is 13.1. The Morgan fingerprint density at radius 2 is 1.44 bits per heavy atom. The van der Waals surface area contributed by atoms with E-state index in [0.717, 1.165) is 39.1 Å². The monoisotopic (exact) mass is 596 g/mol. The van der Waals surface area contributed by atoms with Crippen molar-refractivity contribution in [2.75, 3.05) is 40.5 Å². The molecular formula is C34H47BrNO3+. The first-order chi connectivity index (χ1) is 18.2. The molecule has 4 nitrogen and oxygen atoms in total. The highest BCUT2D eigenvalue weighted by molar-refractivity contribution is 9.10. The molecule has 3 aromatic carbocycles. The fourth-order valence-electron chi connectivity index (χ4n) is 4.39. The van der Waals surface area contributed by atoms with Gasteiger partial charge in [0.05, 0.1) is 27.3 Å². The minimum Gasteiger partial charge on any atom is -0.491 e. The van der Waals surface area contributed by atoms with E-state index in [1.54, 1.807) is 0 Å². The highest BCUT2D eigenvalue weighted by atomic mass is 79.9. The molecule has 0 radical (unpaired) electrons. The molecule has 0 atom stereocenters. The molecule has 0 fully saturated rings. The lowest BCUT2D eigenvalue weighted by molar-refractivity contribution is -0.904. The van der Waals surface area contributed by atoms with Gasteiger partial charge in [0.2, 0.25) is 0 Å². The van der Waals surface area contributed by atoms with Gasteiger partial charge in [-0.3, -0.25) is 0 Å². The van der Waals surface area contributed by atoms with Crippen LogP contribution in [0.15, 0.2) is 71.2 Å². The molecule has 0 bridgehead atoms. The summed E-state index contributed by atoms with van der Waals surface area (Å²) < 4.78 is 20.0. The van der Waals surface area contributed by atoms with Crippen LogP contribution in [0.1, 0.15) is 63.8 Å². The fourth-order valence-corrected chi connectivity index (χ4v) is 4.84. The number of rotatable bonds is 12. The van der Waals surface area contributed by atoms with Crippen molar-refractivity contribution in [3.8, 4) is 11.5 Å². The van der Waals surface area contributed by atoms with Crippen LogP contribution in [0.2, 0.25) is 0 Å². The summed E-state index contributed by atoms with van der Waals surface area (Å²) in [5, 5.41) is 0. The maximum Gasteiger partial charge on any atom is 0.123 e. The topological polar surface area (TPSA) is 27.7 Å². The normalized spacial score (nSPS) is 12.4. The van der Waals surface area contributed by atoms with E-state index in [0.29, 0.717) is 26.4 Å². The van der Waals surface area contributed by atoms with Crippen LogP contribution in [0, 0.1) is 0 Å². The minimum absolute atomic E-state index is 0.0165. The molecule has 0 saturated heterocycles. The average Bonchev–Trinajstić information content (AvgIpc) is 2.84. The lowest BCUT2D eigenvalue weighted by Gasteiger charge is -2.30. The third-order valence-corrected chi connectivity index (χ3v) is 7.30. The van der Waals surface area contributed by atoms with Crippen molar-refractivity contribution in [3.63, 3.8) is 0 Å². The predicted molar refractivity (Wildman–Crippen MR) is 166 cm³/mol. The van der Waals surface area contributed by atoms with Gasteiger partial charge in [-0.2, -0.15) is 0 Å². The van der Waals surface area contributed by atoms with Crippen molar-refractivity contribution in [2.24, 2.45) is 0 Å². The third-order valence-electron chi connectivity index (χ3n) is 6.81. The molecule has 0 heterocycles. The van der Waals surface area contributed by atoms with E-state index in [2.05, 4.69) is 126 Å². The molecule has 0 aliphatic rings. The molecule has 3 aromatic rings. The first-order valence-electron chi connectivity index (χ1n) is 13.9. The molecule has 39 heavy (non-hydrogen) atoms. The molecule has 3 rings (SSSR count). The standard InChI is InChI=1S/C34H47BrNO3/c1-33(2,3)28-14-17-32(31(23-28)34(4,5)6)38-21-20-37-19-18-36(7,8)24-26-12-15-30(16-13-26)39-25-27-10-9-11-29(35)22-27/h9-17,22-23H,18-21,24-25H2,1-8H3/q+1. The van der Waals surface area contributed by atoms with Crippen molar-refractivity contribution in [3.05, 3.63) is 93.5 Å². The highest BCUT2D eigenvalue weighted by Crippen LogP contribution is 2.35. The molecule has 0 aromatic heterocycles. The van der Waals surface area contributed by atoms with E-state index >= 15 is 0 Å². The van der Waals surface area contributed by atoms with Crippen LogP contribution in [0.5, 0.6) is 11.5 Å². The quantitative estimate of drug-likeness (QED) is 0.155. The molecular weight excluding hydrogens is 550 g/mol. The molecule has 0 aliphatic heterocycles. The van der Waals surface area contributed by atoms with Crippen LogP contribution >= 0.6 is 15.9 Å². The maximum atomic E-state index is 6.18. The summed E-state index contributed by atoms with van der Waals surface area (Å²) in [5.41, 5.74) is 5.14. The second kappa shape index (κ2) is 13.3. The molecule has 0 saturated carbocycles. The lowest BCUT2D eigenvalue weighted by Crippen LogP contribution is -2.41. The van der Waals surface area contributed by atoms with E-state index in [1.807, 2.05) is 12.1 Å². The van der Waals surface area contributed by atoms with Gasteiger partial charge >= 0.3 is 0 Å². The summed E-state index contributed by atoms with van der Waals surface area (Å²) in [6.45, 7) is 17.7. The van der Waals surface area contributed by atoms with E-state index in [9.17, 15) is 0 Å². The van der Waals surface area contributed by atoms with Gasteiger partial charge < -0.3 is 18.7 Å². The Bertz CT molecular complexity index is 1190. The van der Waals surface area contributed by atoms with Gasteiger partial charge in [-0.15, -0.1) is 0 Å². The number of likely N-dealkylation sites (N-methyl/N-ethyl adjacent to an activating group) is 1. The van der Waals surface area contributed by atoms with E-state index in [4.69, 9.17) is 14.2 Å². The second-order valence-corrected chi connectivity index (χ2v) is 14.0. The van der Waals surface area contributed by atoms with Crippen molar-refractivity contribution in [1.82, 2.24) is 0 Å². The zero-order chi connectivity index (χ0) is 28.7. The van der Waals surface area contributed by atoms with Crippen molar-refractivity contribution < 1.29 is 18.7 Å². The Morgan fingerprint density at radius 1 is 0.718 bits per heavy atom. The van der Waals surface area contributed by atoms with E-state index in [-0.39, 0.29) is 10.8 Å². The smallest absolute Gasteiger partial charge is 0.123 e. The number of quaternary nitrogens is 1. The fraction of sp³-hybridized carbons (Fsp3) is 0.471. The largest absolute Gasteiger partial charge is 0.491 e. The van der Waals surface area contributed by atoms with Crippen molar-refractivity contribution in [2.45, 2.75) is 65.5 Å². The van der Waals surface area contributed by atoms with Gasteiger partial charge in [0.25, 0.3) is 0 Å². The Balaban J connectivity index is 1.41. The maximum absolute atomic E-state index is 6.18. The molecule has 5 heteroatoms. The number of nitrogens with zero attached hydrogens (tertiary/aromatic N) is 1. The zero-order valence-corrected chi connectivity index (χ0v) is 26.7. The van der Waals surface area contributed by atoms with Crippen LogP contribution in [0.3, 0.4) is 0 Å². The summed E-state index contributed by atoms with van der Waals surface area (Å²) in [7, 11) is 4.48. The third kappa shape index (κ3) is 10.3. The Morgan fingerprint density at radius 3 is 2.08 bits per heavy atom. The van der Waals surface area contributed by atoms with E-state index < -0.39 is 0 Å². The number of hydrogen-bond acceptors (Lipinski definition) is 3. The van der Waals surface area contributed by atoms with Gasteiger partial charge in [0, 0.05) is 10.0 Å². The van der Waals surface area contributed by atoms with Crippen LogP contribution in [-0.4, -0.2) is 44.9 Å². The molecule has 0 spiro atoms. The predicted octanol–water partition coefficient (Wildman–Crippen LogP) is 8.30. The number of hydrogen-bond donors (Lipinski definition) is 0.